The zero-order chi connectivity index (χ0) is 13.4. The van der Waals surface area contributed by atoms with Gasteiger partial charge < -0.3 is 5.32 Å². The standard InChI is InChI=1S/C15H19N3S/c1-9-6-10(2)14(11(3)7-9)15-13(19-18-17-15)8-16-12-4-5-12/h6-7,12,16H,4-5,8H2,1-3H3. The molecule has 3 nitrogen and oxygen atoms in total. The molecule has 1 aromatic carbocycles. The minimum absolute atomic E-state index is 0.718. The maximum Gasteiger partial charge on any atom is 0.110 e. The van der Waals surface area contributed by atoms with Crippen molar-refractivity contribution in [1.82, 2.24) is 14.9 Å². The van der Waals surface area contributed by atoms with E-state index in [4.69, 9.17) is 0 Å². The van der Waals surface area contributed by atoms with E-state index in [1.165, 1.54) is 51.5 Å². The highest BCUT2D eigenvalue weighted by Crippen LogP contribution is 2.31. The SMILES string of the molecule is Cc1cc(C)c(-c2nnsc2CNC2CC2)c(C)c1. The first kappa shape index (κ1) is 12.8. The van der Waals surface area contributed by atoms with Crippen molar-refractivity contribution in [2.75, 3.05) is 0 Å². The van der Waals surface area contributed by atoms with Crippen molar-refractivity contribution >= 4 is 11.5 Å². The third kappa shape index (κ3) is 2.69. The van der Waals surface area contributed by atoms with Crippen molar-refractivity contribution in [1.29, 1.82) is 0 Å². The predicted octanol–water partition coefficient (Wildman–Crippen LogP) is 3.38. The molecule has 1 fully saturated rings. The summed E-state index contributed by atoms with van der Waals surface area (Å²) in [6.45, 7) is 7.35. The first-order chi connectivity index (χ1) is 9.15. The fourth-order valence-corrected chi connectivity index (χ4v) is 3.19. The summed E-state index contributed by atoms with van der Waals surface area (Å²) in [5.41, 5.74) is 6.20. The minimum Gasteiger partial charge on any atom is -0.309 e. The summed E-state index contributed by atoms with van der Waals surface area (Å²) < 4.78 is 4.15. The van der Waals surface area contributed by atoms with Crippen LogP contribution in [0.15, 0.2) is 12.1 Å². The molecular weight excluding hydrogens is 254 g/mol. The molecule has 1 N–H and O–H groups in total. The molecule has 0 bridgehead atoms. The van der Waals surface area contributed by atoms with E-state index in [1.807, 2.05) is 0 Å². The molecule has 1 aliphatic carbocycles. The van der Waals surface area contributed by atoms with Crippen LogP contribution in [0, 0.1) is 20.8 Å². The summed E-state index contributed by atoms with van der Waals surface area (Å²) in [5, 5.41) is 7.91. The Hall–Kier alpha value is -1.26. The topological polar surface area (TPSA) is 37.8 Å². The van der Waals surface area contributed by atoms with Crippen molar-refractivity contribution in [2.24, 2.45) is 0 Å². The highest BCUT2D eigenvalue weighted by atomic mass is 32.1. The number of hydrogen-bond donors (Lipinski definition) is 1. The second-order valence-corrected chi connectivity index (χ2v) is 6.31. The van der Waals surface area contributed by atoms with Gasteiger partial charge in [-0.15, -0.1) is 5.10 Å². The average molecular weight is 273 g/mol. The molecule has 0 aliphatic heterocycles. The first-order valence-electron chi connectivity index (χ1n) is 6.78. The highest BCUT2D eigenvalue weighted by molar-refractivity contribution is 7.05. The largest absolute Gasteiger partial charge is 0.309 e. The molecule has 0 atom stereocenters. The molecule has 1 aromatic heterocycles. The van der Waals surface area contributed by atoms with Gasteiger partial charge in [0.1, 0.15) is 5.69 Å². The molecule has 0 amide bonds. The molecule has 1 saturated carbocycles. The molecule has 3 rings (SSSR count). The van der Waals surface area contributed by atoms with E-state index < -0.39 is 0 Å². The van der Waals surface area contributed by atoms with Gasteiger partial charge >= 0.3 is 0 Å². The summed E-state index contributed by atoms with van der Waals surface area (Å²) >= 11 is 1.51. The van der Waals surface area contributed by atoms with E-state index in [0.717, 1.165) is 18.3 Å². The Morgan fingerprint density at radius 2 is 1.89 bits per heavy atom. The second kappa shape index (κ2) is 5.02. The van der Waals surface area contributed by atoms with Crippen molar-refractivity contribution < 1.29 is 0 Å². The maximum absolute atomic E-state index is 4.36. The Bertz CT molecular complexity index is 576. The Kier molecular flexibility index (Phi) is 3.37. The molecule has 4 heteroatoms. The summed E-state index contributed by atoms with van der Waals surface area (Å²) in [6.07, 6.45) is 2.62. The third-order valence-corrected chi connectivity index (χ3v) is 4.32. The zero-order valence-corrected chi connectivity index (χ0v) is 12.5. The Balaban J connectivity index is 1.95. The zero-order valence-electron chi connectivity index (χ0n) is 11.7. The van der Waals surface area contributed by atoms with Crippen molar-refractivity contribution in [2.45, 2.75) is 46.2 Å². The van der Waals surface area contributed by atoms with E-state index >= 15 is 0 Å². The first-order valence-corrected chi connectivity index (χ1v) is 7.55. The van der Waals surface area contributed by atoms with Crippen molar-refractivity contribution in [3.05, 3.63) is 33.7 Å². The average Bonchev–Trinajstić information content (AvgIpc) is 3.06. The highest BCUT2D eigenvalue weighted by Gasteiger charge is 2.22. The van der Waals surface area contributed by atoms with Crippen molar-refractivity contribution in [3.63, 3.8) is 0 Å². The number of hydrogen-bond acceptors (Lipinski definition) is 4. The predicted molar refractivity (Wildman–Crippen MR) is 79.4 cm³/mol. The van der Waals surface area contributed by atoms with E-state index in [-0.39, 0.29) is 0 Å². The molecule has 1 heterocycles. The lowest BCUT2D eigenvalue weighted by molar-refractivity contribution is 0.695. The van der Waals surface area contributed by atoms with Gasteiger partial charge in [0.05, 0.1) is 4.88 Å². The van der Waals surface area contributed by atoms with Crippen LogP contribution in [0.4, 0.5) is 0 Å². The number of nitrogens with zero attached hydrogens (tertiary/aromatic N) is 2. The molecule has 0 saturated heterocycles. The van der Waals surface area contributed by atoms with Crippen LogP contribution in [0.2, 0.25) is 0 Å². The van der Waals surface area contributed by atoms with Gasteiger partial charge in [-0.05, 0) is 56.3 Å². The fourth-order valence-electron chi connectivity index (χ4n) is 2.59. The minimum atomic E-state index is 0.718. The summed E-state index contributed by atoms with van der Waals surface area (Å²) in [6, 6.07) is 5.16. The fraction of sp³-hybridized carbons (Fsp3) is 0.467. The number of nitrogens with one attached hydrogen (secondary N) is 1. The van der Waals surface area contributed by atoms with Gasteiger partial charge in [-0.3, -0.25) is 0 Å². The van der Waals surface area contributed by atoms with Crippen molar-refractivity contribution in [3.8, 4) is 11.3 Å². The molecule has 0 unspecified atom stereocenters. The van der Waals surface area contributed by atoms with Crippen LogP contribution in [-0.4, -0.2) is 15.6 Å². The Morgan fingerprint density at radius 3 is 2.53 bits per heavy atom. The molecule has 1 aliphatic rings. The van der Waals surface area contributed by atoms with E-state index in [2.05, 4.69) is 47.8 Å². The van der Waals surface area contributed by atoms with Gasteiger partial charge in [0.2, 0.25) is 0 Å². The van der Waals surface area contributed by atoms with Crippen LogP contribution in [0.3, 0.4) is 0 Å². The molecular formula is C15H19N3S. The molecule has 19 heavy (non-hydrogen) atoms. The van der Waals surface area contributed by atoms with E-state index in [0.29, 0.717) is 0 Å². The normalized spacial score (nSPS) is 14.9. The van der Waals surface area contributed by atoms with Gasteiger partial charge in [-0.1, -0.05) is 22.2 Å². The van der Waals surface area contributed by atoms with Gasteiger partial charge in [-0.25, -0.2) is 0 Å². The van der Waals surface area contributed by atoms with Gasteiger partial charge in [-0.2, -0.15) is 0 Å². The van der Waals surface area contributed by atoms with Gasteiger partial charge in [0.15, 0.2) is 0 Å². The summed E-state index contributed by atoms with van der Waals surface area (Å²) in [7, 11) is 0. The Labute approximate surface area is 118 Å². The number of aromatic nitrogens is 2. The maximum atomic E-state index is 4.36. The van der Waals surface area contributed by atoms with Crippen LogP contribution in [0.5, 0.6) is 0 Å². The van der Waals surface area contributed by atoms with Gasteiger partial charge in [0, 0.05) is 18.2 Å². The summed E-state index contributed by atoms with van der Waals surface area (Å²) in [5.74, 6) is 0. The van der Waals surface area contributed by atoms with E-state index in [9.17, 15) is 0 Å². The number of benzene rings is 1. The Morgan fingerprint density at radius 1 is 1.21 bits per heavy atom. The lowest BCUT2D eigenvalue weighted by Gasteiger charge is -2.10. The van der Waals surface area contributed by atoms with E-state index in [1.54, 1.807) is 0 Å². The number of aryl methyl sites for hydroxylation is 3. The number of rotatable bonds is 4. The lowest BCUT2D eigenvalue weighted by Crippen LogP contribution is -2.15. The molecule has 100 valence electrons. The van der Waals surface area contributed by atoms with Crippen LogP contribution < -0.4 is 5.32 Å². The van der Waals surface area contributed by atoms with Crippen LogP contribution >= 0.6 is 11.5 Å². The monoisotopic (exact) mass is 273 g/mol. The molecule has 0 radical (unpaired) electrons. The van der Waals surface area contributed by atoms with Crippen LogP contribution in [0.25, 0.3) is 11.3 Å². The smallest absolute Gasteiger partial charge is 0.110 e. The van der Waals surface area contributed by atoms with Crippen LogP contribution in [0.1, 0.15) is 34.4 Å². The third-order valence-electron chi connectivity index (χ3n) is 3.60. The lowest BCUT2D eigenvalue weighted by atomic mass is 9.97. The molecule has 2 aromatic rings. The molecule has 0 spiro atoms. The van der Waals surface area contributed by atoms with Crippen LogP contribution in [-0.2, 0) is 6.54 Å². The second-order valence-electron chi connectivity index (χ2n) is 5.47. The quantitative estimate of drug-likeness (QED) is 0.928. The van der Waals surface area contributed by atoms with Gasteiger partial charge in [0.25, 0.3) is 0 Å². The summed E-state index contributed by atoms with van der Waals surface area (Å²) in [4.78, 5) is 1.25.